The Kier molecular flexibility index (Phi) is 4.83. The summed E-state index contributed by atoms with van der Waals surface area (Å²) in [5, 5.41) is 0. The minimum Gasteiger partial charge on any atom is -0.299 e. The van der Waals surface area contributed by atoms with Gasteiger partial charge >= 0.3 is 0 Å². The molecule has 0 aliphatic carbocycles. The van der Waals surface area contributed by atoms with E-state index in [1.54, 1.807) is 0 Å². The Bertz CT molecular complexity index is 191. The Morgan fingerprint density at radius 1 is 1.07 bits per heavy atom. The summed E-state index contributed by atoms with van der Waals surface area (Å²) in [5.41, 5.74) is -0.137. The molecule has 0 N–H and O–H groups in total. The summed E-state index contributed by atoms with van der Waals surface area (Å²) in [6.07, 6.45) is 1.00. The van der Waals surface area contributed by atoms with Gasteiger partial charge in [-0.3, -0.25) is 4.79 Å². The first-order chi connectivity index (χ1) is 6.21. The van der Waals surface area contributed by atoms with Crippen LogP contribution in [0.1, 0.15) is 54.9 Å². The van der Waals surface area contributed by atoms with E-state index in [0.717, 1.165) is 6.42 Å². The van der Waals surface area contributed by atoms with Gasteiger partial charge in [0, 0.05) is 11.3 Å². The van der Waals surface area contributed by atoms with Gasteiger partial charge in [-0.25, -0.2) is 0 Å². The lowest BCUT2D eigenvalue weighted by molar-refractivity contribution is -0.134. The van der Waals surface area contributed by atoms with Crippen molar-refractivity contribution in [2.75, 3.05) is 0 Å². The summed E-state index contributed by atoms with van der Waals surface area (Å²) in [4.78, 5) is 12.1. The number of hydrogen-bond acceptors (Lipinski definition) is 1. The van der Waals surface area contributed by atoms with E-state index in [2.05, 4.69) is 34.6 Å². The minimum absolute atomic E-state index is 0.137. The van der Waals surface area contributed by atoms with Crippen LogP contribution >= 0.6 is 0 Å². The first kappa shape index (κ1) is 13.7. The van der Waals surface area contributed by atoms with Crippen LogP contribution in [0.4, 0.5) is 0 Å². The molecule has 0 saturated carbocycles. The zero-order chi connectivity index (χ0) is 11.5. The summed E-state index contributed by atoms with van der Waals surface area (Å²) in [5.74, 6) is 1.59. The fourth-order valence-corrected chi connectivity index (χ4v) is 2.13. The molecule has 0 aromatic heterocycles. The van der Waals surface area contributed by atoms with Gasteiger partial charge in [0.1, 0.15) is 5.78 Å². The van der Waals surface area contributed by atoms with E-state index in [9.17, 15) is 4.79 Å². The predicted molar refractivity (Wildman–Crippen MR) is 62.2 cm³/mol. The van der Waals surface area contributed by atoms with E-state index in [1.165, 1.54) is 0 Å². The van der Waals surface area contributed by atoms with Crippen LogP contribution in [0.25, 0.3) is 0 Å². The molecular formula is C13H26O. The molecule has 84 valence electrons. The molecule has 0 bridgehead atoms. The van der Waals surface area contributed by atoms with Crippen molar-refractivity contribution in [1.82, 2.24) is 0 Å². The highest BCUT2D eigenvalue weighted by Crippen LogP contribution is 2.37. The van der Waals surface area contributed by atoms with Crippen molar-refractivity contribution in [2.24, 2.45) is 23.2 Å². The van der Waals surface area contributed by atoms with E-state index < -0.39 is 0 Å². The minimum atomic E-state index is -0.137. The number of rotatable bonds is 5. The molecule has 0 amide bonds. The van der Waals surface area contributed by atoms with E-state index in [0.29, 0.717) is 17.6 Å². The van der Waals surface area contributed by atoms with Crippen LogP contribution in [-0.2, 0) is 4.79 Å². The van der Waals surface area contributed by atoms with E-state index in [4.69, 9.17) is 0 Å². The molecule has 0 saturated heterocycles. The first-order valence-electron chi connectivity index (χ1n) is 5.76. The Hall–Kier alpha value is -0.330. The second-order valence-electron chi connectivity index (χ2n) is 5.69. The molecule has 0 aliphatic heterocycles. The van der Waals surface area contributed by atoms with Crippen molar-refractivity contribution in [3.63, 3.8) is 0 Å². The molecular weight excluding hydrogens is 172 g/mol. The van der Waals surface area contributed by atoms with Gasteiger partial charge in [0.15, 0.2) is 0 Å². The van der Waals surface area contributed by atoms with Crippen molar-refractivity contribution in [3.8, 4) is 0 Å². The lowest BCUT2D eigenvalue weighted by atomic mass is 9.68. The monoisotopic (exact) mass is 198 g/mol. The average molecular weight is 198 g/mol. The van der Waals surface area contributed by atoms with Gasteiger partial charge in [0.2, 0.25) is 0 Å². The quantitative estimate of drug-likeness (QED) is 0.654. The molecule has 0 spiro atoms. The second kappa shape index (κ2) is 4.95. The highest BCUT2D eigenvalue weighted by Gasteiger charge is 2.37. The fourth-order valence-electron chi connectivity index (χ4n) is 2.13. The smallest absolute Gasteiger partial charge is 0.141 e. The van der Waals surface area contributed by atoms with E-state index in [1.807, 2.05) is 13.8 Å². The van der Waals surface area contributed by atoms with Gasteiger partial charge in [-0.2, -0.15) is 0 Å². The van der Waals surface area contributed by atoms with Crippen molar-refractivity contribution in [1.29, 1.82) is 0 Å². The fraction of sp³-hybridized carbons (Fsp3) is 0.923. The summed E-state index contributed by atoms with van der Waals surface area (Å²) in [6, 6.07) is 0. The third-order valence-corrected chi connectivity index (χ3v) is 3.19. The molecule has 1 nitrogen and oxygen atoms in total. The number of carbonyl (C=O) groups is 1. The normalized spacial score (nSPS) is 16.4. The number of carbonyl (C=O) groups excluding carboxylic acids is 1. The number of Topliss-reactive ketones (excluding diaryl/α,β-unsaturated/α-hetero) is 1. The summed E-state index contributed by atoms with van der Waals surface area (Å²) in [7, 11) is 0. The van der Waals surface area contributed by atoms with Gasteiger partial charge in [0.05, 0.1) is 0 Å². The van der Waals surface area contributed by atoms with Gasteiger partial charge in [-0.05, 0) is 18.3 Å². The molecule has 0 rings (SSSR count). The lowest BCUT2D eigenvalue weighted by Gasteiger charge is -2.35. The Balaban J connectivity index is 4.80. The van der Waals surface area contributed by atoms with E-state index in [-0.39, 0.29) is 11.3 Å². The topological polar surface area (TPSA) is 17.1 Å². The SMILES string of the molecule is CC(C)CC(C)(C(=O)C(C)C)C(C)C. The Morgan fingerprint density at radius 3 is 1.71 bits per heavy atom. The van der Waals surface area contributed by atoms with Gasteiger partial charge in [0.25, 0.3) is 0 Å². The van der Waals surface area contributed by atoms with Crippen molar-refractivity contribution < 1.29 is 4.79 Å². The maximum atomic E-state index is 12.1. The standard InChI is InChI=1S/C13H26O/c1-9(2)8-13(7,11(5)6)12(14)10(3)4/h9-11H,8H2,1-7H3. The van der Waals surface area contributed by atoms with Crippen molar-refractivity contribution in [2.45, 2.75) is 54.9 Å². The van der Waals surface area contributed by atoms with Crippen LogP contribution in [0.2, 0.25) is 0 Å². The van der Waals surface area contributed by atoms with Gasteiger partial charge in [-0.15, -0.1) is 0 Å². The first-order valence-corrected chi connectivity index (χ1v) is 5.76. The molecule has 1 atom stereocenters. The maximum absolute atomic E-state index is 12.1. The Morgan fingerprint density at radius 2 is 1.50 bits per heavy atom. The number of hydrogen-bond donors (Lipinski definition) is 0. The van der Waals surface area contributed by atoms with Crippen LogP contribution in [0.15, 0.2) is 0 Å². The van der Waals surface area contributed by atoms with Crippen LogP contribution in [0.3, 0.4) is 0 Å². The molecule has 0 aliphatic rings. The van der Waals surface area contributed by atoms with Crippen molar-refractivity contribution >= 4 is 5.78 Å². The Labute approximate surface area is 89.3 Å². The molecule has 1 heteroatoms. The highest BCUT2D eigenvalue weighted by atomic mass is 16.1. The van der Waals surface area contributed by atoms with Gasteiger partial charge in [-0.1, -0.05) is 48.5 Å². The molecule has 0 radical (unpaired) electrons. The summed E-state index contributed by atoms with van der Waals surface area (Å²) >= 11 is 0. The summed E-state index contributed by atoms with van der Waals surface area (Å²) < 4.78 is 0. The second-order valence-corrected chi connectivity index (χ2v) is 5.69. The van der Waals surface area contributed by atoms with Crippen LogP contribution in [-0.4, -0.2) is 5.78 Å². The lowest BCUT2D eigenvalue weighted by Crippen LogP contribution is -2.37. The molecule has 0 fully saturated rings. The van der Waals surface area contributed by atoms with Crippen molar-refractivity contribution in [3.05, 3.63) is 0 Å². The molecule has 1 unspecified atom stereocenters. The maximum Gasteiger partial charge on any atom is 0.141 e. The third-order valence-electron chi connectivity index (χ3n) is 3.19. The molecule has 0 aromatic rings. The van der Waals surface area contributed by atoms with Crippen LogP contribution in [0.5, 0.6) is 0 Å². The summed E-state index contributed by atoms with van der Waals surface area (Å²) in [6.45, 7) is 14.8. The third kappa shape index (κ3) is 3.11. The molecule has 0 heterocycles. The zero-order valence-corrected chi connectivity index (χ0v) is 10.8. The highest BCUT2D eigenvalue weighted by molar-refractivity contribution is 5.86. The molecule has 0 aromatic carbocycles. The van der Waals surface area contributed by atoms with E-state index >= 15 is 0 Å². The molecule has 14 heavy (non-hydrogen) atoms. The van der Waals surface area contributed by atoms with Crippen LogP contribution < -0.4 is 0 Å². The average Bonchev–Trinajstić information content (AvgIpc) is 2.00. The predicted octanol–water partition coefficient (Wildman–Crippen LogP) is 3.92. The largest absolute Gasteiger partial charge is 0.299 e. The number of ketones is 1. The van der Waals surface area contributed by atoms with Crippen LogP contribution in [0, 0.1) is 23.2 Å². The van der Waals surface area contributed by atoms with Gasteiger partial charge < -0.3 is 0 Å². The zero-order valence-electron chi connectivity index (χ0n) is 10.8.